The van der Waals surface area contributed by atoms with Crippen molar-refractivity contribution < 1.29 is 35.8 Å². The molecule has 0 bridgehead atoms. The third-order valence-corrected chi connectivity index (χ3v) is 3.52. The Hall–Kier alpha value is -2.96. The van der Waals surface area contributed by atoms with E-state index in [0.29, 0.717) is 0 Å². The van der Waals surface area contributed by atoms with E-state index in [1.807, 2.05) is 0 Å². The Morgan fingerprint density at radius 2 is 1.93 bits per heavy atom. The van der Waals surface area contributed by atoms with Crippen molar-refractivity contribution in [2.24, 2.45) is 0 Å². The van der Waals surface area contributed by atoms with Crippen molar-refractivity contribution in [1.29, 1.82) is 0 Å². The van der Waals surface area contributed by atoms with Crippen molar-refractivity contribution in [3.63, 3.8) is 0 Å². The summed E-state index contributed by atoms with van der Waals surface area (Å²) in [5.74, 6) is -1.96. The average Bonchev–Trinajstić information content (AvgIpc) is 3.03. The minimum atomic E-state index is -4.68. The maximum absolute atomic E-state index is 14.1. The van der Waals surface area contributed by atoms with Crippen LogP contribution in [0, 0.1) is 5.82 Å². The van der Waals surface area contributed by atoms with Crippen molar-refractivity contribution in [3.8, 4) is 17.1 Å². The molecule has 1 atom stereocenters. The molecule has 0 saturated heterocycles. The lowest BCUT2D eigenvalue weighted by molar-refractivity contribution is -0.190. The zero-order chi connectivity index (χ0) is 20.5. The summed E-state index contributed by atoms with van der Waals surface area (Å²) in [6.07, 6.45) is -5.86. The summed E-state index contributed by atoms with van der Waals surface area (Å²) in [6, 6.07) is 3.76. The molecule has 0 aromatic carbocycles. The quantitative estimate of drug-likeness (QED) is 0.584. The third kappa shape index (κ3) is 4.30. The van der Waals surface area contributed by atoms with E-state index in [0.717, 1.165) is 23.7 Å². The Kier molecular flexibility index (Phi) is 5.36. The number of aromatic nitrogens is 5. The van der Waals surface area contributed by atoms with Crippen LogP contribution in [0.1, 0.15) is 12.7 Å². The largest absolute Gasteiger partial charge is 0.463 e. The van der Waals surface area contributed by atoms with E-state index in [4.69, 9.17) is 0 Å². The van der Waals surface area contributed by atoms with Crippen LogP contribution >= 0.6 is 0 Å². The highest BCUT2D eigenvalue weighted by Crippen LogP contribution is 2.27. The minimum Gasteiger partial charge on any atom is -0.463 e. The fraction of sp³-hybridized carbons (Fsp3) is 0.333. The number of hydrogen-bond acceptors (Lipinski definition) is 6. The van der Waals surface area contributed by atoms with Gasteiger partial charge in [0.05, 0.1) is 5.69 Å². The maximum Gasteiger partial charge on any atom is 0.425 e. The molecule has 0 aliphatic carbocycles. The van der Waals surface area contributed by atoms with Gasteiger partial charge >= 0.3 is 12.8 Å². The number of rotatable bonds is 6. The normalized spacial score (nSPS) is 13.3. The molecule has 3 heterocycles. The van der Waals surface area contributed by atoms with E-state index in [1.54, 1.807) is 0 Å². The standard InChI is InChI=1S/C15H11F6N5O2/c1-7(15(19,20)21)28-13-9(16)4-8(5-22-13)10-2-3-11-23-24-12(26(11)25-10)6-27-14(17)18/h2-5,7,14H,6H2,1H3/t7-/m1/s1. The van der Waals surface area contributed by atoms with E-state index in [1.165, 1.54) is 12.1 Å². The summed E-state index contributed by atoms with van der Waals surface area (Å²) >= 11 is 0. The van der Waals surface area contributed by atoms with Gasteiger partial charge in [0.15, 0.2) is 23.4 Å². The van der Waals surface area contributed by atoms with Gasteiger partial charge in [0, 0.05) is 11.8 Å². The van der Waals surface area contributed by atoms with Crippen LogP contribution in [0.25, 0.3) is 16.9 Å². The summed E-state index contributed by atoms with van der Waals surface area (Å²) in [4.78, 5) is 3.56. The first kappa shape index (κ1) is 19.8. The number of pyridine rings is 1. The number of hydrogen-bond donors (Lipinski definition) is 0. The molecule has 0 unspecified atom stereocenters. The van der Waals surface area contributed by atoms with E-state index in [9.17, 15) is 26.3 Å². The molecule has 0 aliphatic heterocycles. The van der Waals surface area contributed by atoms with Gasteiger partial charge in [0.2, 0.25) is 0 Å². The van der Waals surface area contributed by atoms with Gasteiger partial charge in [-0.15, -0.1) is 10.2 Å². The van der Waals surface area contributed by atoms with Gasteiger partial charge in [0.25, 0.3) is 5.88 Å². The molecule has 13 heteroatoms. The first-order chi connectivity index (χ1) is 13.1. The van der Waals surface area contributed by atoms with Crippen LogP contribution in [-0.4, -0.2) is 43.7 Å². The molecular weight excluding hydrogens is 396 g/mol. The second-order valence-corrected chi connectivity index (χ2v) is 5.49. The smallest absolute Gasteiger partial charge is 0.425 e. The molecular formula is C15H11F6N5O2. The lowest BCUT2D eigenvalue weighted by Gasteiger charge is -2.17. The number of alkyl halides is 5. The van der Waals surface area contributed by atoms with Crippen molar-refractivity contribution in [1.82, 2.24) is 24.8 Å². The Bertz CT molecular complexity index is 977. The Labute approximate surface area is 152 Å². The molecule has 150 valence electrons. The van der Waals surface area contributed by atoms with E-state index >= 15 is 0 Å². The summed E-state index contributed by atoms with van der Waals surface area (Å²) in [5.41, 5.74) is 0.484. The lowest BCUT2D eigenvalue weighted by Crippen LogP contribution is -2.31. The topological polar surface area (TPSA) is 74.4 Å². The molecule has 0 N–H and O–H groups in total. The monoisotopic (exact) mass is 407 g/mol. The number of halogens is 6. The molecule has 0 amide bonds. The third-order valence-electron chi connectivity index (χ3n) is 3.52. The number of ether oxygens (including phenoxy) is 2. The van der Waals surface area contributed by atoms with Crippen LogP contribution in [0.15, 0.2) is 24.4 Å². The Balaban J connectivity index is 1.88. The average molecular weight is 407 g/mol. The van der Waals surface area contributed by atoms with Crippen molar-refractivity contribution in [3.05, 3.63) is 36.0 Å². The second kappa shape index (κ2) is 7.58. The maximum atomic E-state index is 14.1. The Morgan fingerprint density at radius 3 is 2.57 bits per heavy atom. The molecule has 7 nitrogen and oxygen atoms in total. The van der Waals surface area contributed by atoms with Gasteiger partial charge < -0.3 is 9.47 Å². The van der Waals surface area contributed by atoms with Crippen LogP contribution in [0.2, 0.25) is 0 Å². The molecule has 3 rings (SSSR count). The molecule has 28 heavy (non-hydrogen) atoms. The minimum absolute atomic E-state index is 0.0236. The molecule has 3 aromatic heterocycles. The van der Waals surface area contributed by atoms with Gasteiger partial charge in [-0.3, -0.25) is 0 Å². The zero-order valence-electron chi connectivity index (χ0n) is 14.0. The summed E-state index contributed by atoms with van der Waals surface area (Å²) < 4.78 is 85.8. The van der Waals surface area contributed by atoms with E-state index in [2.05, 4.69) is 29.8 Å². The first-order valence-corrected chi connectivity index (χ1v) is 7.65. The predicted octanol–water partition coefficient (Wildman–Crippen LogP) is 3.39. The fourth-order valence-electron chi connectivity index (χ4n) is 2.10. The first-order valence-electron chi connectivity index (χ1n) is 7.65. The molecule has 0 radical (unpaired) electrons. The van der Waals surface area contributed by atoms with E-state index in [-0.39, 0.29) is 22.7 Å². The lowest BCUT2D eigenvalue weighted by atomic mass is 10.2. The highest BCUT2D eigenvalue weighted by molar-refractivity contribution is 5.59. The SMILES string of the molecule is C[C@@H](Oc1ncc(-c2ccc3nnc(COC(F)F)n3n2)cc1F)C(F)(F)F. The van der Waals surface area contributed by atoms with Crippen molar-refractivity contribution in [2.75, 3.05) is 0 Å². The predicted molar refractivity (Wildman–Crippen MR) is 80.9 cm³/mol. The van der Waals surface area contributed by atoms with E-state index < -0.39 is 37.2 Å². The van der Waals surface area contributed by atoms with Gasteiger partial charge in [-0.25, -0.2) is 9.37 Å². The fourth-order valence-corrected chi connectivity index (χ4v) is 2.10. The van der Waals surface area contributed by atoms with Gasteiger partial charge in [-0.2, -0.15) is 31.6 Å². The van der Waals surface area contributed by atoms with Crippen molar-refractivity contribution >= 4 is 5.65 Å². The highest BCUT2D eigenvalue weighted by atomic mass is 19.4. The van der Waals surface area contributed by atoms with Gasteiger partial charge in [-0.1, -0.05) is 0 Å². The summed E-state index contributed by atoms with van der Waals surface area (Å²) in [6.45, 7) is -2.86. The van der Waals surface area contributed by atoms with Gasteiger partial charge in [0.1, 0.15) is 6.61 Å². The molecule has 3 aromatic rings. The van der Waals surface area contributed by atoms with Crippen LogP contribution < -0.4 is 4.74 Å². The Morgan fingerprint density at radius 1 is 1.18 bits per heavy atom. The van der Waals surface area contributed by atoms with Crippen LogP contribution in [0.4, 0.5) is 26.3 Å². The zero-order valence-corrected chi connectivity index (χ0v) is 14.0. The van der Waals surface area contributed by atoms with Crippen LogP contribution in [-0.2, 0) is 11.3 Å². The van der Waals surface area contributed by atoms with Crippen LogP contribution in [0.3, 0.4) is 0 Å². The molecule has 0 saturated carbocycles. The summed E-state index contributed by atoms with van der Waals surface area (Å²) in [7, 11) is 0. The molecule has 0 spiro atoms. The molecule has 0 aliphatic rings. The van der Waals surface area contributed by atoms with Crippen molar-refractivity contribution in [2.45, 2.75) is 32.4 Å². The second-order valence-electron chi connectivity index (χ2n) is 5.49. The van der Waals surface area contributed by atoms with Crippen LogP contribution in [0.5, 0.6) is 5.88 Å². The molecule has 0 fully saturated rings. The summed E-state index contributed by atoms with van der Waals surface area (Å²) in [5, 5.41) is 11.5. The number of nitrogens with zero attached hydrogens (tertiary/aromatic N) is 5. The van der Waals surface area contributed by atoms with Gasteiger partial charge in [-0.05, 0) is 25.1 Å². The number of fused-ring (bicyclic) bond motifs is 1. The highest BCUT2D eigenvalue weighted by Gasteiger charge is 2.38.